The Hall–Kier alpha value is -6.12. The molecule has 8 aromatic carbocycles. The van der Waals surface area contributed by atoms with Crippen LogP contribution in [0.1, 0.15) is 46.2 Å². The fraction of sp³-hybridized carbons (Fsp3) is 0.137. The molecular weight excluding hydrogens is 641 g/mol. The highest BCUT2D eigenvalue weighted by Crippen LogP contribution is 2.61. The normalized spacial score (nSPS) is 15.5. The molecule has 0 saturated carbocycles. The number of rotatable bonds is 4. The molecular formula is C51H40N2. The third-order valence-electron chi connectivity index (χ3n) is 12.3. The molecule has 0 atom stereocenters. The Balaban J connectivity index is 1.25. The maximum absolute atomic E-state index is 2.56. The maximum atomic E-state index is 2.56. The molecule has 11 rings (SSSR count). The molecule has 53 heavy (non-hydrogen) atoms. The van der Waals surface area contributed by atoms with E-state index in [1.54, 1.807) is 0 Å². The van der Waals surface area contributed by atoms with Gasteiger partial charge in [-0.25, -0.2) is 0 Å². The van der Waals surface area contributed by atoms with Crippen LogP contribution in [0.15, 0.2) is 170 Å². The Morgan fingerprint density at radius 1 is 0.415 bits per heavy atom. The fourth-order valence-electron chi connectivity index (χ4n) is 10.1. The highest BCUT2D eigenvalue weighted by atomic mass is 15.1. The number of hydrogen-bond acceptors (Lipinski definition) is 2. The Kier molecular flexibility index (Phi) is 6.89. The SMILES string of the molecule is c1ccc(C2(c3ccccc3)c3cc(N4CCCc5ccccc54)ccc3-c3c2c2ccc(N4CCCc5ccccc54)cc2c2ccccc32)cc1. The van der Waals surface area contributed by atoms with Gasteiger partial charge in [0.15, 0.2) is 0 Å². The highest BCUT2D eigenvalue weighted by molar-refractivity contribution is 6.20. The Bertz CT molecular complexity index is 2650. The molecule has 2 heteroatoms. The number of benzene rings is 8. The summed E-state index contributed by atoms with van der Waals surface area (Å²) in [5.74, 6) is 0. The third-order valence-corrected chi connectivity index (χ3v) is 12.3. The van der Waals surface area contributed by atoms with E-state index in [1.165, 1.54) is 88.8 Å². The zero-order chi connectivity index (χ0) is 34.9. The first-order valence-electron chi connectivity index (χ1n) is 19.3. The average Bonchev–Trinajstić information content (AvgIpc) is 3.55. The van der Waals surface area contributed by atoms with E-state index in [2.05, 4.69) is 180 Å². The van der Waals surface area contributed by atoms with E-state index in [4.69, 9.17) is 0 Å². The Morgan fingerprint density at radius 3 is 1.58 bits per heavy atom. The first kappa shape index (κ1) is 30.5. The van der Waals surface area contributed by atoms with Gasteiger partial charge in [0.25, 0.3) is 0 Å². The molecule has 0 amide bonds. The van der Waals surface area contributed by atoms with Crippen molar-refractivity contribution in [3.05, 3.63) is 203 Å². The average molecular weight is 681 g/mol. The minimum absolute atomic E-state index is 0.528. The zero-order valence-electron chi connectivity index (χ0n) is 29.8. The van der Waals surface area contributed by atoms with Crippen molar-refractivity contribution in [1.82, 2.24) is 0 Å². The van der Waals surface area contributed by atoms with Crippen LogP contribution in [0.3, 0.4) is 0 Å². The second-order valence-corrected chi connectivity index (χ2v) is 15.0. The van der Waals surface area contributed by atoms with Crippen LogP contribution in [0.2, 0.25) is 0 Å². The smallest absolute Gasteiger partial charge is 0.0720 e. The molecule has 1 aliphatic carbocycles. The van der Waals surface area contributed by atoms with Gasteiger partial charge in [0.2, 0.25) is 0 Å². The van der Waals surface area contributed by atoms with E-state index in [0.717, 1.165) is 38.8 Å². The predicted octanol–water partition coefficient (Wildman–Crippen LogP) is 12.5. The predicted molar refractivity (Wildman–Crippen MR) is 222 cm³/mol. The van der Waals surface area contributed by atoms with Crippen LogP contribution in [0, 0.1) is 0 Å². The molecule has 254 valence electrons. The summed E-state index contributed by atoms with van der Waals surface area (Å²) in [6.45, 7) is 2.04. The minimum atomic E-state index is -0.528. The molecule has 2 heterocycles. The largest absolute Gasteiger partial charge is 0.341 e. The van der Waals surface area contributed by atoms with Crippen molar-refractivity contribution >= 4 is 44.3 Å². The molecule has 0 unspecified atom stereocenters. The van der Waals surface area contributed by atoms with Gasteiger partial charge in [0, 0.05) is 35.8 Å². The highest BCUT2D eigenvalue weighted by Gasteiger charge is 2.48. The number of aryl methyl sites for hydroxylation is 2. The monoisotopic (exact) mass is 680 g/mol. The Labute approximate surface area is 311 Å². The van der Waals surface area contributed by atoms with Crippen LogP contribution in [0.25, 0.3) is 32.7 Å². The van der Waals surface area contributed by atoms with Gasteiger partial charge in [-0.1, -0.05) is 133 Å². The summed E-state index contributed by atoms with van der Waals surface area (Å²) in [7, 11) is 0. The van der Waals surface area contributed by atoms with Gasteiger partial charge in [-0.3, -0.25) is 0 Å². The summed E-state index contributed by atoms with van der Waals surface area (Å²) < 4.78 is 0. The molecule has 2 aliphatic heterocycles. The van der Waals surface area contributed by atoms with E-state index >= 15 is 0 Å². The van der Waals surface area contributed by atoms with Gasteiger partial charge in [-0.2, -0.15) is 0 Å². The van der Waals surface area contributed by atoms with Crippen molar-refractivity contribution in [2.75, 3.05) is 22.9 Å². The second-order valence-electron chi connectivity index (χ2n) is 15.0. The molecule has 0 spiro atoms. The number of hydrogen-bond donors (Lipinski definition) is 0. The molecule has 0 N–H and O–H groups in total. The molecule has 0 aromatic heterocycles. The van der Waals surface area contributed by atoms with Crippen molar-refractivity contribution < 1.29 is 0 Å². The summed E-state index contributed by atoms with van der Waals surface area (Å²) in [5.41, 5.74) is 15.6. The van der Waals surface area contributed by atoms with Crippen LogP contribution in [0.5, 0.6) is 0 Å². The molecule has 3 aliphatic rings. The number of para-hydroxylation sites is 2. The van der Waals surface area contributed by atoms with Crippen LogP contribution in [-0.2, 0) is 18.3 Å². The van der Waals surface area contributed by atoms with Gasteiger partial charge in [-0.15, -0.1) is 0 Å². The van der Waals surface area contributed by atoms with Gasteiger partial charge in [-0.05, 0) is 128 Å². The van der Waals surface area contributed by atoms with Gasteiger partial charge < -0.3 is 9.80 Å². The quantitative estimate of drug-likeness (QED) is 0.171. The summed E-state index contributed by atoms with van der Waals surface area (Å²) in [6.07, 6.45) is 4.57. The third kappa shape index (κ3) is 4.45. The van der Waals surface area contributed by atoms with Crippen LogP contribution < -0.4 is 9.80 Å². The number of fused-ring (bicyclic) bond motifs is 10. The zero-order valence-corrected chi connectivity index (χ0v) is 29.8. The summed E-state index contributed by atoms with van der Waals surface area (Å²) in [4.78, 5) is 5.10. The van der Waals surface area contributed by atoms with Crippen LogP contribution in [0.4, 0.5) is 22.7 Å². The van der Waals surface area contributed by atoms with E-state index in [9.17, 15) is 0 Å². The lowest BCUT2D eigenvalue weighted by Gasteiger charge is -2.36. The van der Waals surface area contributed by atoms with Crippen molar-refractivity contribution in [1.29, 1.82) is 0 Å². The minimum Gasteiger partial charge on any atom is -0.341 e. The van der Waals surface area contributed by atoms with E-state index in [0.29, 0.717) is 0 Å². The molecule has 2 nitrogen and oxygen atoms in total. The first-order chi connectivity index (χ1) is 26.3. The topological polar surface area (TPSA) is 6.48 Å². The lowest BCUT2D eigenvalue weighted by molar-refractivity contribution is 0.758. The maximum Gasteiger partial charge on any atom is 0.0720 e. The van der Waals surface area contributed by atoms with Crippen LogP contribution >= 0.6 is 0 Å². The van der Waals surface area contributed by atoms with Crippen molar-refractivity contribution in [3.8, 4) is 11.1 Å². The van der Waals surface area contributed by atoms with E-state index < -0.39 is 5.41 Å². The van der Waals surface area contributed by atoms with Crippen LogP contribution in [-0.4, -0.2) is 13.1 Å². The fourth-order valence-corrected chi connectivity index (χ4v) is 10.1. The van der Waals surface area contributed by atoms with Crippen molar-refractivity contribution in [3.63, 3.8) is 0 Å². The second kappa shape index (κ2) is 12.0. The Morgan fingerprint density at radius 2 is 0.943 bits per heavy atom. The van der Waals surface area contributed by atoms with Gasteiger partial charge >= 0.3 is 0 Å². The molecule has 0 saturated heterocycles. The summed E-state index contributed by atoms with van der Waals surface area (Å²) in [5, 5.41) is 5.26. The lowest BCUT2D eigenvalue weighted by atomic mass is 9.66. The molecule has 0 radical (unpaired) electrons. The standard InChI is InChI=1S/C51H40N2/c1-3-19-37(20-4-1)51(38-21-5-2-6-22-38)46-34-40(53-32-14-18-36-16-8-12-26-48(36)53)28-30-44(46)49-42-24-10-9-23-41(42)45-33-39(27-29-43(45)50(49)51)52-31-13-17-35-15-7-11-25-47(35)52/h1-12,15-16,19-30,33-34H,13-14,17-18,31-32H2. The van der Waals surface area contributed by atoms with Gasteiger partial charge in [0.05, 0.1) is 5.41 Å². The van der Waals surface area contributed by atoms with Crippen molar-refractivity contribution in [2.24, 2.45) is 0 Å². The molecule has 8 aromatic rings. The van der Waals surface area contributed by atoms with Gasteiger partial charge in [0.1, 0.15) is 0 Å². The summed E-state index contributed by atoms with van der Waals surface area (Å²) in [6, 6.07) is 64.4. The summed E-state index contributed by atoms with van der Waals surface area (Å²) >= 11 is 0. The van der Waals surface area contributed by atoms with Crippen molar-refractivity contribution in [2.45, 2.75) is 31.1 Å². The molecule has 0 fully saturated rings. The lowest BCUT2D eigenvalue weighted by Crippen LogP contribution is -2.30. The number of nitrogens with zero attached hydrogens (tertiary/aromatic N) is 2. The van der Waals surface area contributed by atoms with E-state index in [1.807, 2.05) is 0 Å². The number of anilines is 4. The van der Waals surface area contributed by atoms with E-state index in [-0.39, 0.29) is 0 Å². The first-order valence-corrected chi connectivity index (χ1v) is 19.3. The molecule has 0 bridgehead atoms.